The van der Waals surface area contributed by atoms with Gasteiger partial charge in [0, 0.05) is 24.9 Å². The highest BCUT2D eigenvalue weighted by Crippen LogP contribution is 2.17. The van der Waals surface area contributed by atoms with E-state index in [1.807, 2.05) is 6.92 Å². The molecule has 0 aromatic carbocycles. The van der Waals surface area contributed by atoms with Gasteiger partial charge in [0.1, 0.15) is 0 Å². The summed E-state index contributed by atoms with van der Waals surface area (Å²) in [6.45, 7) is 6.58. The van der Waals surface area contributed by atoms with Gasteiger partial charge in [0.05, 0.1) is 6.26 Å². The molecule has 0 saturated carbocycles. The molecule has 7 nitrogen and oxygen atoms in total. The van der Waals surface area contributed by atoms with E-state index in [0.717, 1.165) is 6.42 Å². The summed E-state index contributed by atoms with van der Waals surface area (Å²) in [6.07, 6.45) is 3.02. The Morgan fingerprint density at radius 2 is 2.21 bits per heavy atom. The minimum absolute atomic E-state index is 0. The summed E-state index contributed by atoms with van der Waals surface area (Å²) >= 11 is 0. The van der Waals surface area contributed by atoms with Crippen LogP contribution in [0.1, 0.15) is 39.5 Å². The molecule has 24 heavy (non-hydrogen) atoms. The number of carbonyl (C=O) groups excluding carboxylic acids is 1. The zero-order valence-corrected chi connectivity index (χ0v) is 15.1. The number of nitrogens with one attached hydrogen (secondary N) is 1. The number of amides is 1. The molecule has 0 aliphatic carbocycles. The molecule has 1 amide bonds. The first-order chi connectivity index (χ1) is 10.9. The Kier molecular flexibility index (Phi) is 7.44. The Balaban J connectivity index is 0.00000288. The number of halogens is 1. The molecule has 1 atom stereocenters. The van der Waals surface area contributed by atoms with Crippen molar-refractivity contribution in [1.29, 1.82) is 0 Å². The number of hydrogen-bond acceptors (Lipinski definition) is 6. The number of carbonyl (C=O) groups is 1. The molecule has 0 bridgehead atoms. The first-order valence-electron chi connectivity index (χ1n) is 7.79. The Morgan fingerprint density at radius 3 is 2.79 bits per heavy atom. The van der Waals surface area contributed by atoms with Crippen LogP contribution < -0.4 is 11.1 Å². The maximum absolute atomic E-state index is 12.1. The van der Waals surface area contributed by atoms with E-state index < -0.39 is 0 Å². The lowest BCUT2D eigenvalue weighted by molar-refractivity contribution is -0.123. The Labute approximate surface area is 147 Å². The quantitative estimate of drug-likeness (QED) is 0.752. The van der Waals surface area contributed by atoms with Crippen LogP contribution in [0.25, 0.3) is 11.6 Å². The van der Waals surface area contributed by atoms with E-state index in [9.17, 15) is 4.79 Å². The fraction of sp³-hybridized carbons (Fsp3) is 0.562. The second-order valence-electron chi connectivity index (χ2n) is 6.40. The van der Waals surface area contributed by atoms with E-state index >= 15 is 0 Å². The zero-order chi connectivity index (χ0) is 16.9. The van der Waals surface area contributed by atoms with Gasteiger partial charge in [-0.3, -0.25) is 4.79 Å². The van der Waals surface area contributed by atoms with Gasteiger partial charge in [0.15, 0.2) is 5.76 Å². The Hall–Kier alpha value is -1.86. The van der Waals surface area contributed by atoms with Gasteiger partial charge in [-0.15, -0.1) is 12.4 Å². The largest absolute Gasteiger partial charge is 0.461 e. The van der Waals surface area contributed by atoms with Gasteiger partial charge in [0.2, 0.25) is 17.6 Å². The lowest BCUT2D eigenvalue weighted by atomic mass is 9.90. The third-order valence-electron chi connectivity index (χ3n) is 3.53. The van der Waals surface area contributed by atoms with Crippen LogP contribution in [0.5, 0.6) is 0 Å². The summed E-state index contributed by atoms with van der Waals surface area (Å²) in [4.78, 5) is 16.3. The van der Waals surface area contributed by atoms with Gasteiger partial charge in [-0.1, -0.05) is 19.0 Å². The Bertz CT molecular complexity index is 627. The molecular formula is C16H25ClN4O3. The minimum Gasteiger partial charge on any atom is -0.461 e. The molecule has 8 heteroatoms. The van der Waals surface area contributed by atoms with Crippen LogP contribution in [0.15, 0.2) is 27.3 Å². The van der Waals surface area contributed by atoms with Crippen molar-refractivity contribution in [1.82, 2.24) is 15.5 Å². The van der Waals surface area contributed by atoms with Crippen molar-refractivity contribution in [2.24, 2.45) is 11.7 Å². The molecule has 2 heterocycles. The standard InChI is InChI=1S/C16H24N4O3.ClH/c1-11(2)9-16(3,10-17)19-13(21)6-7-14-18-15(20-23-14)12-5-4-8-22-12;/h4-5,8,11H,6-7,9-10,17H2,1-3H3,(H,19,21);1H. The lowest BCUT2D eigenvalue weighted by Gasteiger charge is -2.31. The van der Waals surface area contributed by atoms with E-state index in [-0.39, 0.29) is 30.3 Å². The van der Waals surface area contributed by atoms with Crippen molar-refractivity contribution in [2.75, 3.05) is 6.54 Å². The number of aromatic nitrogens is 2. The van der Waals surface area contributed by atoms with Gasteiger partial charge in [-0.05, 0) is 31.4 Å². The molecule has 134 valence electrons. The van der Waals surface area contributed by atoms with Crippen LogP contribution in [-0.2, 0) is 11.2 Å². The molecule has 0 aliphatic heterocycles. The molecule has 0 radical (unpaired) electrons. The van der Waals surface area contributed by atoms with Gasteiger partial charge in [0.25, 0.3) is 0 Å². The highest BCUT2D eigenvalue weighted by Gasteiger charge is 2.25. The first kappa shape index (κ1) is 20.2. The maximum atomic E-state index is 12.1. The Morgan fingerprint density at radius 1 is 1.46 bits per heavy atom. The molecule has 0 aliphatic rings. The van der Waals surface area contributed by atoms with Gasteiger partial charge < -0.3 is 20.0 Å². The molecule has 0 spiro atoms. The predicted molar refractivity (Wildman–Crippen MR) is 92.6 cm³/mol. The number of rotatable bonds is 8. The average molecular weight is 357 g/mol. The molecule has 0 saturated heterocycles. The van der Waals surface area contributed by atoms with Gasteiger partial charge >= 0.3 is 0 Å². The molecular weight excluding hydrogens is 332 g/mol. The molecule has 1 unspecified atom stereocenters. The van der Waals surface area contributed by atoms with E-state index in [4.69, 9.17) is 14.7 Å². The first-order valence-corrected chi connectivity index (χ1v) is 7.79. The maximum Gasteiger partial charge on any atom is 0.238 e. The van der Waals surface area contributed by atoms with Crippen LogP contribution in [0.4, 0.5) is 0 Å². The van der Waals surface area contributed by atoms with E-state index in [0.29, 0.717) is 36.4 Å². The molecule has 2 rings (SSSR count). The fourth-order valence-electron chi connectivity index (χ4n) is 2.57. The van der Waals surface area contributed by atoms with Crippen LogP contribution in [0.3, 0.4) is 0 Å². The van der Waals surface area contributed by atoms with E-state index in [2.05, 4.69) is 29.3 Å². The van der Waals surface area contributed by atoms with Crippen LogP contribution in [0, 0.1) is 5.92 Å². The highest BCUT2D eigenvalue weighted by atomic mass is 35.5. The SMILES string of the molecule is CC(C)CC(C)(CN)NC(=O)CCc1nc(-c2ccco2)no1.Cl. The van der Waals surface area contributed by atoms with Crippen molar-refractivity contribution in [2.45, 2.75) is 45.6 Å². The normalized spacial score (nSPS) is 13.4. The average Bonchev–Trinajstić information content (AvgIpc) is 3.15. The third kappa shape index (κ3) is 5.65. The summed E-state index contributed by atoms with van der Waals surface area (Å²) in [5.74, 6) is 1.71. The molecule has 2 aromatic rings. The fourth-order valence-corrected chi connectivity index (χ4v) is 2.57. The van der Waals surface area contributed by atoms with E-state index in [1.54, 1.807) is 18.4 Å². The second-order valence-corrected chi connectivity index (χ2v) is 6.40. The summed E-state index contributed by atoms with van der Waals surface area (Å²) < 4.78 is 10.3. The molecule has 3 N–H and O–H groups in total. The van der Waals surface area contributed by atoms with E-state index in [1.165, 1.54) is 0 Å². The third-order valence-corrected chi connectivity index (χ3v) is 3.53. The lowest BCUT2D eigenvalue weighted by Crippen LogP contribution is -2.52. The topological polar surface area (TPSA) is 107 Å². The van der Waals surface area contributed by atoms with Crippen molar-refractivity contribution in [3.8, 4) is 11.6 Å². The van der Waals surface area contributed by atoms with Crippen LogP contribution in [0.2, 0.25) is 0 Å². The van der Waals surface area contributed by atoms with Gasteiger partial charge in [-0.25, -0.2) is 0 Å². The summed E-state index contributed by atoms with van der Waals surface area (Å²) in [7, 11) is 0. The predicted octanol–water partition coefficient (Wildman–Crippen LogP) is 2.56. The summed E-state index contributed by atoms with van der Waals surface area (Å²) in [5.41, 5.74) is 5.41. The monoisotopic (exact) mass is 356 g/mol. The number of hydrogen-bond donors (Lipinski definition) is 2. The number of nitrogens with two attached hydrogens (primary N) is 1. The molecule has 0 fully saturated rings. The summed E-state index contributed by atoms with van der Waals surface area (Å²) in [6, 6.07) is 3.50. The van der Waals surface area contributed by atoms with Crippen molar-refractivity contribution in [3.63, 3.8) is 0 Å². The smallest absolute Gasteiger partial charge is 0.238 e. The second kappa shape index (κ2) is 8.84. The zero-order valence-electron chi connectivity index (χ0n) is 14.2. The van der Waals surface area contributed by atoms with Crippen LogP contribution >= 0.6 is 12.4 Å². The van der Waals surface area contributed by atoms with Crippen LogP contribution in [-0.4, -0.2) is 28.1 Å². The number of nitrogens with zero attached hydrogens (tertiary/aromatic N) is 2. The van der Waals surface area contributed by atoms with Crippen molar-refractivity contribution >= 4 is 18.3 Å². The summed E-state index contributed by atoms with van der Waals surface area (Å²) in [5, 5.41) is 6.84. The van der Waals surface area contributed by atoms with Gasteiger partial charge in [-0.2, -0.15) is 4.98 Å². The van der Waals surface area contributed by atoms with Crippen molar-refractivity contribution < 1.29 is 13.7 Å². The number of furan rings is 1. The minimum atomic E-state index is -0.389. The number of aryl methyl sites for hydroxylation is 1. The highest BCUT2D eigenvalue weighted by molar-refractivity contribution is 5.85. The molecule has 2 aromatic heterocycles. The van der Waals surface area contributed by atoms with Crippen molar-refractivity contribution in [3.05, 3.63) is 24.3 Å².